The summed E-state index contributed by atoms with van der Waals surface area (Å²) < 4.78 is 12.2. The molecule has 0 unspecified atom stereocenters. The Labute approximate surface area is 159 Å². The van der Waals surface area contributed by atoms with Crippen LogP contribution < -0.4 is 15.0 Å². The number of aromatic nitrogens is 4. The van der Waals surface area contributed by atoms with Crippen LogP contribution in [0.4, 0.5) is 0 Å². The zero-order valence-corrected chi connectivity index (χ0v) is 14.6. The lowest BCUT2D eigenvalue weighted by Gasteiger charge is -2.11. The van der Waals surface area contributed by atoms with Crippen molar-refractivity contribution in [2.75, 3.05) is 6.79 Å². The standard InChI is InChI=1S/C21H14N4O3/c26-21-16(14-4-3-8-22-12-14)11-18(17-5-1-2-9-23-17)24-25(21)15-6-7-19-20(10-15)28-13-27-19/h1-12H,13H2. The Hall–Kier alpha value is -4.00. The first-order chi connectivity index (χ1) is 13.8. The second-order valence-electron chi connectivity index (χ2n) is 6.15. The summed E-state index contributed by atoms with van der Waals surface area (Å²) in [5, 5.41) is 4.55. The molecule has 0 saturated heterocycles. The van der Waals surface area contributed by atoms with Crippen LogP contribution in [-0.2, 0) is 0 Å². The first-order valence-electron chi connectivity index (χ1n) is 8.66. The minimum Gasteiger partial charge on any atom is -0.454 e. The van der Waals surface area contributed by atoms with E-state index >= 15 is 0 Å². The van der Waals surface area contributed by atoms with Crippen LogP contribution in [0.15, 0.2) is 78.0 Å². The molecule has 3 aromatic heterocycles. The average Bonchev–Trinajstić information content (AvgIpc) is 3.23. The molecule has 0 saturated carbocycles. The molecule has 28 heavy (non-hydrogen) atoms. The zero-order valence-electron chi connectivity index (χ0n) is 14.6. The maximum Gasteiger partial charge on any atom is 0.279 e. The van der Waals surface area contributed by atoms with Gasteiger partial charge in [-0.05, 0) is 36.4 Å². The number of nitrogens with zero attached hydrogens (tertiary/aromatic N) is 4. The number of pyridine rings is 2. The first-order valence-corrected chi connectivity index (χ1v) is 8.66. The van der Waals surface area contributed by atoms with Gasteiger partial charge in [0.15, 0.2) is 11.5 Å². The summed E-state index contributed by atoms with van der Waals surface area (Å²) in [7, 11) is 0. The van der Waals surface area contributed by atoms with E-state index in [-0.39, 0.29) is 12.4 Å². The second-order valence-corrected chi connectivity index (χ2v) is 6.15. The predicted octanol–water partition coefficient (Wildman–Crippen LogP) is 3.09. The highest BCUT2D eigenvalue weighted by Gasteiger charge is 2.18. The third-order valence-corrected chi connectivity index (χ3v) is 4.41. The highest BCUT2D eigenvalue weighted by Crippen LogP contribution is 2.33. The Morgan fingerprint density at radius 2 is 1.82 bits per heavy atom. The fourth-order valence-electron chi connectivity index (χ4n) is 3.05. The van der Waals surface area contributed by atoms with Gasteiger partial charge in [-0.15, -0.1) is 0 Å². The molecule has 1 aromatic carbocycles. The fourth-order valence-corrected chi connectivity index (χ4v) is 3.05. The molecule has 5 rings (SSSR count). The van der Waals surface area contributed by atoms with E-state index in [0.717, 1.165) is 0 Å². The van der Waals surface area contributed by atoms with Crippen molar-refractivity contribution in [3.8, 4) is 39.7 Å². The molecule has 0 radical (unpaired) electrons. The highest BCUT2D eigenvalue weighted by atomic mass is 16.7. The number of benzene rings is 1. The molecule has 7 nitrogen and oxygen atoms in total. The third kappa shape index (κ3) is 2.79. The van der Waals surface area contributed by atoms with Crippen molar-refractivity contribution >= 4 is 0 Å². The summed E-state index contributed by atoms with van der Waals surface area (Å²) in [6.07, 6.45) is 5.01. The SMILES string of the molecule is O=c1c(-c2cccnc2)cc(-c2ccccn2)nn1-c1ccc2c(c1)OCO2. The molecule has 0 aliphatic carbocycles. The topological polar surface area (TPSA) is 79.1 Å². The summed E-state index contributed by atoms with van der Waals surface area (Å²) >= 11 is 0. The molecule has 1 aliphatic rings. The molecule has 4 aromatic rings. The molecule has 1 aliphatic heterocycles. The van der Waals surface area contributed by atoms with Crippen molar-refractivity contribution < 1.29 is 9.47 Å². The van der Waals surface area contributed by atoms with Crippen molar-refractivity contribution in [2.24, 2.45) is 0 Å². The van der Waals surface area contributed by atoms with Gasteiger partial charge in [0.2, 0.25) is 6.79 Å². The Morgan fingerprint density at radius 3 is 2.64 bits per heavy atom. The van der Waals surface area contributed by atoms with Gasteiger partial charge in [0, 0.05) is 30.2 Å². The summed E-state index contributed by atoms with van der Waals surface area (Å²) in [6, 6.07) is 16.2. The minimum atomic E-state index is -0.258. The van der Waals surface area contributed by atoms with E-state index in [1.807, 2.05) is 24.3 Å². The Morgan fingerprint density at radius 1 is 0.893 bits per heavy atom. The van der Waals surface area contributed by atoms with E-state index < -0.39 is 0 Å². The number of rotatable bonds is 3. The van der Waals surface area contributed by atoms with Crippen LogP contribution in [0.3, 0.4) is 0 Å². The van der Waals surface area contributed by atoms with E-state index in [4.69, 9.17) is 9.47 Å². The monoisotopic (exact) mass is 370 g/mol. The lowest BCUT2D eigenvalue weighted by molar-refractivity contribution is 0.174. The highest BCUT2D eigenvalue weighted by molar-refractivity contribution is 5.68. The molecule has 7 heteroatoms. The number of hydrogen-bond donors (Lipinski definition) is 0. The summed E-state index contributed by atoms with van der Waals surface area (Å²) in [4.78, 5) is 21.7. The number of hydrogen-bond acceptors (Lipinski definition) is 6. The van der Waals surface area contributed by atoms with Gasteiger partial charge in [0.05, 0.1) is 16.9 Å². The van der Waals surface area contributed by atoms with Crippen LogP contribution in [0, 0.1) is 0 Å². The quantitative estimate of drug-likeness (QED) is 0.551. The van der Waals surface area contributed by atoms with E-state index in [1.165, 1.54) is 4.68 Å². The van der Waals surface area contributed by atoms with Gasteiger partial charge in [-0.3, -0.25) is 14.8 Å². The lowest BCUT2D eigenvalue weighted by atomic mass is 10.1. The van der Waals surface area contributed by atoms with Crippen LogP contribution in [0.2, 0.25) is 0 Å². The first kappa shape index (κ1) is 16.2. The maximum absolute atomic E-state index is 13.2. The Balaban J connectivity index is 1.75. The van der Waals surface area contributed by atoms with Gasteiger partial charge in [-0.1, -0.05) is 12.1 Å². The number of ether oxygens (including phenoxy) is 2. The van der Waals surface area contributed by atoms with Crippen molar-refractivity contribution in [1.29, 1.82) is 0 Å². The van der Waals surface area contributed by atoms with E-state index in [2.05, 4.69) is 15.1 Å². The van der Waals surface area contributed by atoms with Crippen LogP contribution in [0.25, 0.3) is 28.2 Å². The Bertz CT molecular complexity index is 1210. The lowest BCUT2D eigenvalue weighted by Crippen LogP contribution is -2.23. The number of fused-ring (bicyclic) bond motifs is 1. The van der Waals surface area contributed by atoms with E-state index in [9.17, 15) is 4.79 Å². The van der Waals surface area contributed by atoms with Gasteiger partial charge in [0.1, 0.15) is 5.69 Å². The molecule has 0 spiro atoms. The molecule has 0 amide bonds. The summed E-state index contributed by atoms with van der Waals surface area (Å²) in [5.41, 5.74) is 2.77. The molecule has 4 heterocycles. The maximum atomic E-state index is 13.2. The van der Waals surface area contributed by atoms with Crippen LogP contribution in [0.1, 0.15) is 0 Å². The predicted molar refractivity (Wildman–Crippen MR) is 102 cm³/mol. The smallest absolute Gasteiger partial charge is 0.279 e. The third-order valence-electron chi connectivity index (χ3n) is 4.41. The molecule has 0 atom stereocenters. The van der Waals surface area contributed by atoms with E-state index in [1.54, 1.807) is 48.9 Å². The van der Waals surface area contributed by atoms with Crippen LogP contribution in [-0.4, -0.2) is 26.5 Å². The Kier molecular flexibility index (Phi) is 3.83. The van der Waals surface area contributed by atoms with E-state index in [0.29, 0.717) is 39.7 Å². The van der Waals surface area contributed by atoms with Gasteiger partial charge in [0.25, 0.3) is 5.56 Å². The van der Waals surface area contributed by atoms with Crippen LogP contribution in [0.5, 0.6) is 11.5 Å². The molecule has 0 fully saturated rings. The molecular weight excluding hydrogens is 356 g/mol. The van der Waals surface area contributed by atoms with Crippen molar-refractivity contribution in [1.82, 2.24) is 19.7 Å². The fraction of sp³-hybridized carbons (Fsp3) is 0.0476. The minimum absolute atomic E-state index is 0.163. The summed E-state index contributed by atoms with van der Waals surface area (Å²) in [6.45, 7) is 0.163. The molecular formula is C21H14N4O3. The molecule has 0 N–H and O–H groups in total. The average molecular weight is 370 g/mol. The summed E-state index contributed by atoms with van der Waals surface area (Å²) in [5.74, 6) is 1.22. The van der Waals surface area contributed by atoms with Gasteiger partial charge >= 0.3 is 0 Å². The van der Waals surface area contributed by atoms with Gasteiger partial charge in [-0.2, -0.15) is 9.78 Å². The second kappa shape index (κ2) is 6.62. The van der Waals surface area contributed by atoms with Crippen molar-refractivity contribution in [2.45, 2.75) is 0 Å². The van der Waals surface area contributed by atoms with Gasteiger partial charge < -0.3 is 9.47 Å². The van der Waals surface area contributed by atoms with Crippen molar-refractivity contribution in [3.63, 3.8) is 0 Å². The van der Waals surface area contributed by atoms with Crippen LogP contribution >= 0.6 is 0 Å². The molecule has 0 bridgehead atoms. The molecule has 136 valence electrons. The normalized spacial score (nSPS) is 12.1. The zero-order chi connectivity index (χ0) is 18.9. The van der Waals surface area contributed by atoms with Gasteiger partial charge in [-0.25, -0.2) is 0 Å². The van der Waals surface area contributed by atoms with Crippen molar-refractivity contribution in [3.05, 3.63) is 83.5 Å². The largest absolute Gasteiger partial charge is 0.454 e.